The van der Waals surface area contributed by atoms with Gasteiger partial charge in [0.2, 0.25) is 0 Å². The molecule has 0 spiro atoms. The van der Waals surface area contributed by atoms with Crippen molar-refractivity contribution in [3.8, 4) is 0 Å². The van der Waals surface area contributed by atoms with E-state index in [2.05, 4.69) is 0 Å². The third-order valence-corrected chi connectivity index (χ3v) is 1.54. The second kappa shape index (κ2) is 3.06. The summed E-state index contributed by atoms with van der Waals surface area (Å²) in [5.41, 5.74) is -0.560. The van der Waals surface area contributed by atoms with Gasteiger partial charge in [0, 0.05) is 5.56 Å². The van der Waals surface area contributed by atoms with Crippen molar-refractivity contribution >= 4 is 17.6 Å². The molecule has 0 bridgehead atoms. The molecule has 0 unspecified atom stereocenters. The summed E-state index contributed by atoms with van der Waals surface area (Å²) in [7, 11) is 0. The van der Waals surface area contributed by atoms with Crippen molar-refractivity contribution < 1.29 is 18.7 Å². The standard InChI is InChI=1S/C7H3ClF2O2/c8-4-2-6(10)5(9)1-3(4)7(11)12/h1-2H,(H,11,12)/p-1. The largest absolute Gasteiger partial charge is 0.545 e. The Morgan fingerprint density at radius 3 is 2.33 bits per heavy atom. The Balaban J connectivity index is 3.33. The molecular formula is C7H2ClF2O2-. The highest BCUT2D eigenvalue weighted by atomic mass is 35.5. The molecule has 12 heavy (non-hydrogen) atoms. The maximum Gasteiger partial charge on any atom is 0.160 e. The van der Waals surface area contributed by atoms with Crippen molar-refractivity contribution in [1.82, 2.24) is 0 Å². The van der Waals surface area contributed by atoms with E-state index in [9.17, 15) is 18.7 Å². The summed E-state index contributed by atoms with van der Waals surface area (Å²) in [6, 6.07) is 1.06. The fraction of sp³-hybridized carbons (Fsp3) is 0. The lowest BCUT2D eigenvalue weighted by atomic mass is 10.2. The van der Waals surface area contributed by atoms with Gasteiger partial charge in [-0.1, -0.05) is 11.6 Å². The number of carbonyl (C=O) groups is 1. The van der Waals surface area contributed by atoms with Crippen LogP contribution in [0.3, 0.4) is 0 Å². The molecule has 0 amide bonds. The molecule has 2 nitrogen and oxygen atoms in total. The van der Waals surface area contributed by atoms with Gasteiger partial charge in [0.25, 0.3) is 0 Å². The van der Waals surface area contributed by atoms with Gasteiger partial charge in [-0.25, -0.2) is 8.78 Å². The fourth-order valence-corrected chi connectivity index (χ4v) is 0.906. The summed E-state index contributed by atoms with van der Waals surface area (Å²) >= 11 is 5.27. The molecule has 0 saturated heterocycles. The SMILES string of the molecule is O=C([O-])c1cc(F)c(F)cc1Cl. The van der Waals surface area contributed by atoms with Crippen LogP contribution in [-0.2, 0) is 0 Å². The average molecular weight is 192 g/mol. The van der Waals surface area contributed by atoms with Gasteiger partial charge in [-0.05, 0) is 12.1 Å². The van der Waals surface area contributed by atoms with E-state index in [1.54, 1.807) is 0 Å². The van der Waals surface area contributed by atoms with E-state index in [1.807, 2.05) is 0 Å². The number of aromatic carboxylic acids is 1. The molecule has 0 aliphatic rings. The highest BCUT2D eigenvalue weighted by molar-refractivity contribution is 6.33. The summed E-state index contributed by atoms with van der Waals surface area (Å²) in [6.07, 6.45) is 0. The lowest BCUT2D eigenvalue weighted by Gasteiger charge is -2.04. The highest BCUT2D eigenvalue weighted by Gasteiger charge is 2.08. The highest BCUT2D eigenvalue weighted by Crippen LogP contribution is 2.18. The number of rotatable bonds is 1. The molecule has 0 heterocycles. The first-order valence-electron chi connectivity index (χ1n) is 2.88. The van der Waals surface area contributed by atoms with Crippen molar-refractivity contribution in [2.45, 2.75) is 0 Å². The van der Waals surface area contributed by atoms with Gasteiger partial charge < -0.3 is 9.90 Å². The van der Waals surface area contributed by atoms with Crippen molar-refractivity contribution in [1.29, 1.82) is 0 Å². The normalized spacial score (nSPS) is 9.92. The second-order valence-corrected chi connectivity index (χ2v) is 2.44. The van der Waals surface area contributed by atoms with E-state index in [0.717, 1.165) is 0 Å². The number of hydrogen-bond donors (Lipinski definition) is 0. The van der Waals surface area contributed by atoms with Gasteiger partial charge in [-0.2, -0.15) is 0 Å². The lowest BCUT2D eigenvalue weighted by molar-refractivity contribution is -0.255. The van der Waals surface area contributed by atoms with Crippen LogP contribution in [-0.4, -0.2) is 5.97 Å². The third-order valence-electron chi connectivity index (χ3n) is 1.23. The van der Waals surface area contributed by atoms with Crippen LogP contribution in [0.4, 0.5) is 8.78 Å². The second-order valence-electron chi connectivity index (χ2n) is 2.03. The minimum atomic E-state index is -1.64. The Hall–Kier alpha value is -1.16. The molecule has 0 aromatic heterocycles. The van der Waals surface area contributed by atoms with E-state index in [0.29, 0.717) is 12.1 Å². The summed E-state index contributed by atoms with van der Waals surface area (Å²) in [5.74, 6) is -4.09. The molecule has 0 fully saturated rings. The minimum absolute atomic E-state index is 0.381. The van der Waals surface area contributed by atoms with Crippen LogP contribution >= 0.6 is 11.6 Å². The topological polar surface area (TPSA) is 40.1 Å². The number of benzene rings is 1. The molecule has 0 aliphatic heterocycles. The van der Waals surface area contributed by atoms with E-state index in [-0.39, 0.29) is 5.02 Å². The summed E-state index contributed by atoms with van der Waals surface area (Å²) in [6.45, 7) is 0. The molecule has 0 radical (unpaired) electrons. The number of carboxylic acid groups (broad SMARTS) is 1. The van der Waals surface area contributed by atoms with Crippen LogP contribution < -0.4 is 5.11 Å². The van der Waals surface area contributed by atoms with Crippen molar-refractivity contribution in [3.63, 3.8) is 0 Å². The average Bonchev–Trinajstić information content (AvgIpc) is 1.96. The van der Waals surface area contributed by atoms with Gasteiger partial charge in [-0.15, -0.1) is 0 Å². The Morgan fingerprint density at radius 2 is 1.83 bits per heavy atom. The lowest BCUT2D eigenvalue weighted by Crippen LogP contribution is -2.23. The first-order chi connectivity index (χ1) is 5.52. The van der Waals surface area contributed by atoms with E-state index in [4.69, 9.17) is 11.6 Å². The van der Waals surface area contributed by atoms with Gasteiger partial charge in [-0.3, -0.25) is 0 Å². The van der Waals surface area contributed by atoms with Crippen LogP contribution in [0.5, 0.6) is 0 Å². The molecule has 1 aromatic carbocycles. The number of halogens is 3. The Labute approximate surface area is 71.4 Å². The fourth-order valence-electron chi connectivity index (χ4n) is 0.679. The molecule has 1 rings (SSSR count). The van der Waals surface area contributed by atoms with Crippen LogP contribution in [0, 0.1) is 11.6 Å². The monoisotopic (exact) mass is 191 g/mol. The zero-order valence-corrected chi connectivity index (χ0v) is 6.36. The van der Waals surface area contributed by atoms with Crippen LogP contribution in [0.25, 0.3) is 0 Å². The molecular weight excluding hydrogens is 190 g/mol. The maximum atomic E-state index is 12.4. The van der Waals surface area contributed by atoms with Gasteiger partial charge in [0.1, 0.15) is 0 Å². The number of hydrogen-bond acceptors (Lipinski definition) is 2. The van der Waals surface area contributed by atoms with Gasteiger partial charge in [0.15, 0.2) is 11.6 Å². The minimum Gasteiger partial charge on any atom is -0.545 e. The van der Waals surface area contributed by atoms with Crippen LogP contribution in [0.1, 0.15) is 10.4 Å². The molecule has 64 valence electrons. The van der Waals surface area contributed by atoms with Crippen LogP contribution in [0.15, 0.2) is 12.1 Å². The molecule has 1 aromatic rings. The Kier molecular flexibility index (Phi) is 2.28. The maximum absolute atomic E-state index is 12.4. The van der Waals surface area contributed by atoms with E-state index in [1.165, 1.54) is 0 Å². The first-order valence-corrected chi connectivity index (χ1v) is 3.26. The smallest absolute Gasteiger partial charge is 0.160 e. The Morgan fingerprint density at radius 1 is 1.33 bits per heavy atom. The van der Waals surface area contributed by atoms with Crippen molar-refractivity contribution in [2.75, 3.05) is 0 Å². The number of carboxylic acids is 1. The molecule has 0 aliphatic carbocycles. The van der Waals surface area contributed by atoms with Crippen LogP contribution in [0.2, 0.25) is 5.02 Å². The molecule has 0 N–H and O–H groups in total. The van der Waals surface area contributed by atoms with Crippen molar-refractivity contribution in [3.05, 3.63) is 34.4 Å². The van der Waals surface area contributed by atoms with E-state index < -0.39 is 23.2 Å². The predicted octanol–water partition coefficient (Wildman–Crippen LogP) is 0.982. The van der Waals surface area contributed by atoms with E-state index >= 15 is 0 Å². The summed E-state index contributed by atoms with van der Waals surface area (Å²) < 4.78 is 24.7. The molecule has 0 saturated carbocycles. The third kappa shape index (κ3) is 1.53. The summed E-state index contributed by atoms with van der Waals surface area (Å²) in [4.78, 5) is 10.2. The summed E-state index contributed by atoms with van der Waals surface area (Å²) in [5, 5.41) is 9.82. The molecule has 0 atom stereocenters. The molecule has 5 heteroatoms. The zero-order valence-electron chi connectivity index (χ0n) is 5.61. The quantitative estimate of drug-likeness (QED) is 0.621. The Bertz CT molecular complexity index is 338. The predicted molar refractivity (Wildman–Crippen MR) is 35.7 cm³/mol. The first kappa shape index (κ1) is 8.93. The van der Waals surface area contributed by atoms with Gasteiger partial charge >= 0.3 is 0 Å². The van der Waals surface area contributed by atoms with Crippen molar-refractivity contribution in [2.24, 2.45) is 0 Å². The number of carbonyl (C=O) groups excluding carboxylic acids is 1. The zero-order chi connectivity index (χ0) is 9.30. The van der Waals surface area contributed by atoms with Gasteiger partial charge in [0.05, 0.1) is 11.0 Å².